The Morgan fingerprint density at radius 2 is 2.44 bits per heavy atom. The number of carbonyl (C=O) groups is 1. The molecule has 5 heteroatoms. The lowest BCUT2D eigenvalue weighted by molar-refractivity contribution is -0.140. The van der Waals surface area contributed by atoms with Gasteiger partial charge in [-0.15, -0.1) is 12.2 Å². The maximum Gasteiger partial charge on any atom is 0.306 e. The molecule has 0 radical (unpaired) electrons. The summed E-state index contributed by atoms with van der Waals surface area (Å²) in [6.07, 6.45) is 0.554. The maximum absolute atomic E-state index is 10.2. The molecule has 2 unspecified atom stereocenters. The average molecular weight is 184 g/mol. The quantitative estimate of drug-likeness (QED) is 0.511. The van der Waals surface area contributed by atoms with Gasteiger partial charge in [0.25, 0.3) is 0 Å². The molecular formula is C4H9O2PS2. The Morgan fingerprint density at radius 1 is 2.00 bits per heavy atom. The van der Waals surface area contributed by atoms with Gasteiger partial charge in [0.15, 0.2) is 0 Å². The average Bonchev–Trinajstić information content (AvgIpc) is 1.63. The Labute approximate surface area is 65.2 Å². The Kier molecular flexibility index (Phi) is 4.54. The number of carboxylic acid groups (broad SMARTS) is 1. The van der Waals surface area contributed by atoms with Crippen molar-refractivity contribution in [2.45, 2.75) is 6.92 Å². The second-order valence-corrected chi connectivity index (χ2v) is 7.04. The molecule has 0 aliphatic carbocycles. The van der Waals surface area contributed by atoms with E-state index in [2.05, 4.69) is 12.2 Å². The molecule has 1 N–H and O–H groups in total. The molecule has 0 fully saturated rings. The van der Waals surface area contributed by atoms with Crippen LogP contribution in [0.5, 0.6) is 0 Å². The van der Waals surface area contributed by atoms with Crippen LogP contribution in [0.2, 0.25) is 0 Å². The fourth-order valence-corrected chi connectivity index (χ4v) is 2.62. The van der Waals surface area contributed by atoms with Crippen LogP contribution in [0.3, 0.4) is 0 Å². The molecule has 0 saturated carbocycles. The summed E-state index contributed by atoms with van der Waals surface area (Å²) in [5.41, 5.74) is 0. The van der Waals surface area contributed by atoms with Crippen molar-refractivity contribution in [3.63, 3.8) is 0 Å². The summed E-state index contributed by atoms with van der Waals surface area (Å²) in [4.78, 5) is 10.2. The molecule has 9 heavy (non-hydrogen) atoms. The highest BCUT2D eigenvalue weighted by Crippen LogP contribution is 2.28. The van der Waals surface area contributed by atoms with Gasteiger partial charge < -0.3 is 5.11 Å². The molecule has 0 aliphatic heterocycles. The first-order valence-corrected chi connectivity index (χ1v) is 6.61. The molecular weight excluding hydrogens is 175 g/mol. The third-order valence-electron chi connectivity index (χ3n) is 0.902. The van der Waals surface area contributed by atoms with E-state index in [9.17, 15) is 4.79 Å². The highest BCUT2D eigenvalue weighted by molar-refractivity contribution is 8.56. The van der Waals surface area contributed by atoms with Crippen molar-refractivity contribution < 1.29 is 9.90 Å². The van der Waals surface area contributed by atoms with Crippen molar-refractivity contribution in [1.82, 2.24) is 0 Å². The lowest BCUT2D eigenvalue weighted by Gasteiger charge is -2.01. The van der Waals surface area contributed by atoms with Gasteiger partial charge in [0, 0.05) is 0 Å². The van der Waals surface area contributed by atoms with Gasteiger partial charge in [0.05, 0.1) is 5.92 Å². The summed E-state index contributed by atoms with van der Waals surface area (Å²) in [5, 5.41) is 8.37. The topological polar surface area (TPSA) is 37.3 Å². The van der Waals surface area contributed by atoms with E-state index in [4.69, 9.17) is 16.9 Å². The van der Waals surface area contributed by atoms with Crippen LogP contribution >= 0.6 is 18.1 Å². The molecule has 0 aliphatic rings. The predicted octanol–water partition coefficient (Wildman–Crippen LogP) is 1.23. The fourth-order valence-electron chi connectivity index (χ4n) is 0.349. The Hall–Kier alpha value is 0.470. The van der Waals surface area contributed by atoms with E-state index in [0.717, 1.165) is 0 Å². The van der Waals surface area contributed by atoms with E-state index < -0.39 is 11.9 Å². The molecule has 54 valence electrons. The first kappa shape index (κ1) is 9.47. The summed E-state index contributed by atoms with van der Waals surface area (Å²) >= 11 is 8.76. The summed E-state index contributed by atoms with van der Waals surface area (Å²) in [5.74, 6) is -2.19. The zero-order valence-electron chi connectivity index (χ0n) is 5.00. The summed E-state index contributed by atoms with van der Waals surface area (Å²) in [7, 11) is 0. The number of hydrogen-bond acceptors (Lipinski definition) is 2. The molecule has 0 amide bonds. The Morgan fingerprint density at radius 3 is 2.56 bits per heavy atom. The van der Waals surface area contributed by atoms with Gasteiger partial charge in [0.2, 0.25) is 0 Å². The van der Waals surface area contributed by atoms with E-state index in [-0.39, 0.29) is 5.92 Å². The van der Waals surface area contributed by atoms with Gasteiger partial charge >= 0.3 is 5.97 Å². The molecule has 2 atom stereocenters. The maximum atomic E-state index is 10.2. The number of rotatable bonds is 3. The zero-order valence-corrected chi connectivity index (χ0v) is 7.71. The van der Waals surface area contributed by atoms with E-state index in [1.807, 2.05) is 0 Å². The second kappa shape index (κ2) is 4.31. The van der Waals surface area contributed by atoms with Gasteiger partial charge in [-0.1, -0.05) is 18.7 Å². The molecule has 0 rings (SSSR count). The zero-order chi connectivity index (χ0) is 7.44. The summed E-state index contributed by atoms with van der Waals surface area (Å²) in [6, 6.07) is 0. The lowest BCUT2D eigenvalue weighted by atomic mass is 10.2. The van der Waals surface area contributed by atoms with Crippen molar-refractivity contribution in [1.29, 1.82) is 0 Å². The van der Waals surface area contributed by atoms with Crippen molar-refractivity contribution in [2.24, 2.45) is 5.92 Å². The Bertz CT molecular complexity index is 137. The van der Waals surface area contributed by atoms with Crippen LogP contribution in [0.25, 0.3) is 0 Å². The number of carboxylic acids is 1. The molecule has 0 spiro atoms. The number of aliphatic carboxylic acids is 1. The second-order valence-electron chi connectivity index (χ2n) is 1.84. The van der Waals surface area contributed by atoms with Gasteiger partial charge in [-0.25, -0.2) is 0 Å². The number of hydrogen-bond donors (Lipinski definition) is 2. The minimum absolute atomic E-state index is 0.325. The standard InChI is InChI=1S/C4H9O2PS2/c1-3(4(5)6)2-7(8)9/h3,7H,2H2,1H3,(H,5,6)(H,8,9). The highest BCUT2D eigenvalue weighted by Gasteiger charge is 2.09. The van der Waals surface area contributed by atoms with Crippen molar-refractivity contribution in [2.75, 3.05) is 6.16 Å². The highest BCUT2D eigenvalue weighted by atomic mass is 32.9. The van der Waals surface area contributed by atoms with Crippen molar-refractivity contribution in [3.05, 3.63) is 0 Å². The van der Waals surface area contributed by atoms with Crippen LogP contribution in [0.15, 0.2) is 0 Å². The third kappa shape index (κ3) is 4.94. The molecule has 0 aromatic carbocycles. The normalized spacial score (nSPS) is 16.7. The first-order valence-electron chi connectivity index (χ1n) is 2.48. The Balaban J connectivity index is 3.63. The van der Waals surface area contributed by atoms with Crippen LogP contribution in [0, 0.1) is 5.92 Å². The van der Waals surface area contributed by atoms with Crippen LogP contribution in [0.4, 0.5) is 0 Å². The summed E-state index contributed by atoms with van der Waals surface area (Å²) < 4.78 is 0. The minimum Gasteiger partial charge on any atom is -0.481 e. The van der Waals surface area contributed by atoms with Crippen LogP contribution in [-0.4, -0.2) is 17.2 Å². The number of thiol groups is 1. The first-order chi connectivity index (χ1) is 4.04. The molecule has 0 saturated heterocycles. The molecule has 0 heterocycles. The van der Waals surface area contributed by atoms with Gasteiger partial charge in [0.1, 0.15) is 0 Å². The van der Waals surface area contributed by atoms with Crippen molar-refractivity contribution in [3.8, 4) is 0 Å². The predicted molar refractivity (Wildman–Crippen MR) is 46.3 cm³/mol. The van der Waals surface area contributed by atoms with Crippen LogP contribution in [0.1, 0.15) is 6.92 Å². The van der Waals surface area contributed by atoms with Crippen molar-refractivity contribution >= 4 is 35.9 Å². The lowest BCUT2D eigenvalue weighted by Crippen LogP contribution is -2.10. The monoisotopic (exact) mass is 184 g/mol. The molecule has 0 aromatic heterocycles. The van der Waals surface area contributed by atoms with E-state index in [1.165, 1.54) is 0 Å². The van der Waals surface area contributed by atoms with E-state index >= 15 is 0 Å². The van der Waals surface area contributed by atoms with E-state index in [0.29, 0.717) is 6.16 Å². The van der Waals surface area contributed by atoms with Gasteiger partial charge in [-0.3, -0.25) is 4.79 Å². The third-order valence-corrected chi connectivity index (χ3v) is 2.91. The molecule has 0 aromatic rings. The minimum atomic E-state index is -1.08. The molecule has 2 nitrogen and oxygen atoms in total. The molecule has 0 bridgehead atoms. The largest absolute Gasteiger partial charge is 0.481 e. The SMILES string of the molecule is CC(C[PH](=S)S)C(=O)O. The van der Waals surface area contributed by atoms with E-state index in [1.54, 1.807) is 6.92 Å². The summed E-state index contributed by atoms with van der Waals surface area (Å²) in [6.45, 7) is 1.65. The fraction of sp³-hybridized carbons (Fsp3) is 0.750. The smallest absolute Gasteiger partial charge is 0.306 e. The van der Waals surface area contributed by atoms with Gasteiger partial charge in [-0.2, -0.15) is 0 Å². The van der Waals surface area contributed by atoms with Crippen LogP contribution in [-0.2, 0) is 16.6 Å². The van der Waals surface area contributed by atoms with Gasteiger partial charge in [-0.05, 0) is 12.1 Å². The van der Waals surface area contributed by atoms with Crippen LogP contribution < -0.4 is 0 Å².